The molecule has 0 bridgehead atoms. The lowest BCUT2D eigenvalue weighted by Gasteiger charge is -2.10. The number of nitrogens with zero attached hydrogens (tertiary/aromatic N) is 1. The minimum atomic E-state index is -0.772. The van der Waals surface area contributed by atoms with Gasteiger partial charge in [-0.15, -0.1) is 0 Å². The summed E-state index contributed by atoms with van der Waals surface area (Å²) in [5.74, 6) is 11.1. The van der Waals surface area contributed by atoms with E-state index in [1.165, 1.54) is 12.1 Å². The number of hydrogen-bond acceptors (Lipinski definition) is 2. The van der Waals surface area contributed by atoms with Crippen molar-refractivity contribution in [2.45, 2.75) is 39.5 Å². The molecule has 1 nitrogen and oxygen atoms in total. The van der Waals surface area contributed by atoms with E-state index in [0.717, 1.165) is 47.1 Å². The highest BCUT2D eigenvalue weighted by Crippen LogP contribution is 2.31. The van der Waals surface area contributed by atoms with Crippen molar-refractivity contribution in [3.63, 3.8) is 0 Å². The van der Waals surface area contributed by atoms with Crippen LogP contribution in [0.2, 0.25) is 0 Å². The van der Waals surface area contributed by atoms with Crippen LogP contribution in [0.4, 0.5) is 14.5 Å². The highest BCUT2D eigenvalue weighted by molar-refractivity contribution is 7.78. The molecule has 0 radical (unpaired) electrons. The van der Waals surface area contributed by atoms with Crippen LogP contribution >= 0.6 is 12.2 Å². The first-order chi connectivity index (χ1) is 16.0. The van der Waals surface area contributed by atoms with Gasteiger partial charge in [0.25, 0.3) is 0 Å². The minimum absolute atomic E-state index is 0.424. The van der Waals surface area contributed by atoms with Gasteiger partial charge in [-0.3, -0.25) is 0 Å². The molecular formula is C29H23F2NS. The summed E-state index contributed by atoms with van der Waals surface area (Å²) >= 11 is 4.46. The van der Waals surface area contributed by atoms with Crippen LogP contribution in [0, 0.1) is 35.3 Å². The number of aliphatic imine (C=N–C) groups is 1. The molecule has 33 heavy (non-hydrogen) atoms. The van der Waals surface area contributed by atoms with Crippen molar-refractivity contribution < 1.29 is 8.78 Å². The monoisotopic (exact) mass is 455 g/mol. The number of benzene rings is 3. The average molecular weight is 456 g/mol. The lowest BCUT2D eigenvalue weighted by atomic mass is 9.95. The summed E-state index contributed by atoms with van der Waals surface area (Å²) in [5, 5.41) is 2.01. The van der Waals surface area contributed by atoms with E-state index >= 15 is 0 Å². The lowest BCUT2D eigenvalue weighted by Crippen LogP contribution is -1.92. The Bertz CT molecular complexity index is 1290. The van der Waals surface area contributed by atoms with Gasteiger partial charge in [-0.2, -0.15) is 4.99 Å². The number of thiocarbonyl (C=S) groups is 1. The summed E-state index contributed by atoms with van der Waals surface area (Å²) in [6, 6.07) is 16.1. The first-order valence-electron chi connectivity index (χ1n) is 10.9. The van der Waals surface area contributed by atoms with Crippen LogP contribution in [0.1, 0.15) is 55.4 Å². The van der Waals surface area contributed by atoms with E-state index < -0.39 is 17.3 Å². The van der Waals surface area contributed by atoms with Gasteiger partial charge in [0.2, 0.25) is 0 Å². The largest absolute Gasteiger partial charge is 0.204 e. The van der Waals surface area contributed by atoms with Crippen molar-refractivity contribution in [2.75, 3.05) is 0 Å². The Hall–Kier alpha value is -3.56. The van der Waals surface area contributed by atoms with Gasteiger partial charge in [-0.05, 0) is 90.3 Å². The van der Waals surface area contributed by atoms with Gasteiger partial charge in [0, 0.05) is 23.1 Å². The summed E-state index contributed by atoms with van der Waals surface area (Å²) in [4.78, 5) is 3.47. The zero-order valence-corrected chi connectivity index (χ0v) is 19.5. The molecule has 0 amide bonds. The van der Waals surface area contributed by atoms with Crippen molar-refractivity contribution in [2.24, 2.45) is 4.99 Å². The molecule has 3 rings (SSSR count). The normalized spacial score (nSPS) is 9.82. The summed E-state index contributed by atoms with van der Waals surface area (Å²) < 4.78 is 28.6. The van der Waals surface area contributed by atoms with E-state index in [9.17, 15) is 8.78 Å². The van der Waals surface area contributed by atoms with Crippen molar-refractivity contribution in [1.29, 1.82) is 0 Å². The number of unbranched alkanes of at least 4 members (excludes halogenated alkanes) is 2. The van der Waals surface area contributed by atoms with Gasteiger partial charge in [-0.1, -0.05) is 50.0 Å². The predicted molar refractivity (Wildman–Crippen MR) is 135 cm³/mol. The second-order valence-electron chi connectivity index (χ2n) is 7.45. The van der Waals surface area contributed by atoms with E-state index in [1.807, 2.05) is 54.5 Å². The van der Waals surface area contributed by atoms with E-state index in [0.29, 0.717) is 12.0 Å². The van der Waals surface area contributed by atoms with Crippen molar-refractivity contribution in [3.05, 3.63) is 88.5 Å². The average Bonchev–Trinajstić information content (AvgIpc) is 2.83. The number of rotatable bonds is 5. The second kappa shape index (κ2) is 11.9. The summed E-state index contributed by atoms with van der Waals surface area (Å²) in [5.41, 5.74) is 4.44. The third-order valence-electron chi connectivity index (χ3n) is 5.10. The zero-order chi connectivity index (χ0) is 23.6. The van der Waals surface area contributed by atoms with Crippen LogP contribution in [-0.4, -0.2) is 5.16 Å². The van der Waals surface area contributed by atoms with Crippen LogP contribution in [-0.2, 0) is 6.42 Å². The highest BCUT2D eigenvalue weighted by atomic mass is 32.1. The Morgan fingerprint density at radius 3 is 2.03 bits per heavy atom. The van der Waals surface area contributed by atoms with Gasteiger partial charge in [-0.25, -0.2) is 8.78 Å². The first kappa shape index (κ1) is 24.1. The van der Waals surface area contributed by atoms with Crippen LogP contribution in [0.5, 0.6) is 0 Å². The molecule has 0 spiro atoms. The molecule has 164 valence electrons. The van der Waals surface area contributed by atoms with Gasteiger partial charge >= 0.3 is 0 Å². The molecule has 0 heterocycles. The van der Waals surface area contributed by atoms with Crippen molar-refractivity contribution in [1.82, 2.24) is 0 Å². The molecular weight excluding hydrogens is 432 g/mol. The summed E-state index contributed by atoms with van der Waals surface area (Å²) in [6.45, 7) is 4.15. The molecule has 3 aromatic carbocycles. The maximum Gasteiger partial charge on any atom is 0.153 e. The molecule has 0 saturated heterocycles. The molecule has 0 saturated carbocycles. The summed E-state index contributed by atoms with van der Waals surface area (Å²) in [7, 11) is 0. The Balaban J connectivity index is 1.83. The molecule has 0 fully saturated rings. The smallest absolute Gasteiger partial charge is 0.153 e. The van der Waals surface area contributed by atoms with Gasteiger partial charge < -0.3 is 0 Å². The Morgan fingerprint density at radius 1 is 0.818 bits per heavy atom. The molecule has 3 aromatic rings. The predicted octanol–water partition coefficient (Wildman–Crippen LogP) is 7.87. The fraction of sp³-hybridized carbons (Fsp3) is 0.207. The minimum Gasteiger partial charge on any atom is -0.204 e. The SMILES string of the molecule is CCCCC#Cc1ccc(C#Cc2ccc(-c3cc(F)c(N=C=S)c(F)c3)c(CC)c2)cc1. The molecule has 0 unspecified atom stereocenters. The second-order valence-corrected chi connectivity index (χ2v) is 7.63. The van der Waals surface area contributed by atoms with Crippen LogP contribution in [0.25, 0.3) is 11.1 Å². The van der Waals surface area contributed by atoms with Gasteiger partial charge in [0.1, 0.15) is 5.69 Å². The van der Waals surface area contributed by atoms with E-state index in [2.05, 4.69) is 47.8 Å². The van der Waals surface area contributed by atoms with Crippen LogP contribution < -0.4 is 0 Å². The third-order valence-corrected chi connectivity index (χ3v) is 5.19. The Labute approximate surface area is 199 Å². The maximum absolute atomic E-state index is 14.3. The van der Waals surface area contributed by atoms with E-state index in [4.69, 9.17) is 0 Å². The van der Waals surface area contributed by atoms with Gasteiger partial charge in [0.05, 0.1) is 5.16 Å². The van der Waals surface area contributed by atoms with Crippen molar-refractivity contribution >= 4 is 23.1 Å². The zero-order valence-electron chi connectivity index (χ0n) is 18.6. The molecule has 0 aliphatic carbocycles. The topological polar surface area (TPSA) is 12.4 Å². The third kappa shape index (κ3) is 6.47. The fourth-order valence-corrected chi connectivity index (χ4v) is 3.42. The molecule has 0 atom stereocenters. The quantitative estimate of drug-likeness (QED) is 0.165. The fourth-order valence-electron chi connectivity index (χ4n) is 3.33. The van der Waals surface area contributed by atoms with Gasteiger partial charge in [0.15, 0.2) is 11.6 Å². The standard InChI is InChI=1S/C29H23F2NS/c1-3-5-6-7-8-21-9-11-22(12-10-21)13-14-23-15-16-26(24(4-2)17-23)25-18-27(30)29(32-20-33)28(31)19-25/h9-12,15-19H,3-6H2,1-2H3. The molecule has 4 heteroatoms. The molecule has 0 aliphatic heterocycles. The van der Waals surface area contributed by atoms with E-state index in [1.54, 1.807) is 0 Å². The molecule has 0 aromatic heterocycles. The van der Waals surface area contributed by atoms with Crippen molar-refractivity contribution in [3.8, 4) is 34.8 Å². The maximum atomic E-state index is 14.3. The number of hydrogen-bond donors (Lipinski definition) is 0. The Morgan fingerprint density at radius 2 is 1.42 bits per heavy atom. The Kier molecular flexibility index (Phi) is 8.68. The lowest BCUT2D eigenvalue weighted by molar-refractivity contribution is 0.588. The number of aryl methyl sites for hydroxylation is 1. The number of halogens is 2. The number of isothiocyanates is 1. The molecule has 0 aliphatic rings. The van der Waals surface area contributed by atoms with Crippen LogP contribution in [0.3, 0.4) is 0 Å². The first-order valence-corrected chi connectivity index (χ1v) is 11.3. The van der Waals surface area contributed by atoms with E-state index in [-0.39, 0.29) is 0 Å². The summed E-state index contributed by atoms with van der Waals surface area (Å²) in [6.07, 6.45) is 3.87. The highest BCUT2D eigenvalue weighted by Gasteiger charge is 2.13. The molecule has 0 N–H and O–H groups in total. The van der Waals surface area contributed by atoms with Crippen LogP contribution in [0.15, 0.2) is 59.6 Å².